The van der Waals surface area contributed by atoms with Gasteiger partial charge in [0.2, 0.25) is 5.88 Å². The van der Waals surface area contributed by atoms with E-state index in [0.717, 1.165) is 18.8 Å². The molecule has 0 atom stereocenters. The molecule has 1 heterocycles. The van der Waals surface area contributed by atoms with Gasteiger partial charge in [0.05, 0.1) is 5.02 Å². The van der Waals surface area contributed by atoms with Crippen LogP contribution >= 0.6 is 23.2 Å². The highest BCUT2D eigenvalue weighted by Crippen LogP contribution is 2.31. The van der Waals surface area contributed by atoms with Gasteiger partial charge in [-0.05, 0) is 30.7 Å². The van der Waals surface area contributed by atoms with E-state index in [1.807, 2.05) is 12.1 Å². The number of hydrogen-bond acceptors (Lipinski definition) is 3. The van der Waals surface area contributed by atoms with Crippen LogP contribution in [0.25, 0.3) is 0 Å². The summed E-state index contributed by atoms with van der Waals surface area (Å²) in [4.78, 5) is 4.34. The summed E-state index contributed by atoms with van der Waals surface area (Å²) >= 11 is 11.9. The lowest BCUT2D eigenvalue weighted by molar-refractivity contribution is 0.464. The fraction of sp³-hybridized carbons (Fsp3) is 0.214. The van der Waals surface area contributed by atoms with Crippen molar-refractivity contribution in [1.82, 2.24) is 4.98 Å². The molecule has 19 heavy (non-hydrogen) atoms. The first-order chi connectivity index (χ1) is 9.19. The van der Waals surface area contributed by atoms with Crippen molar-refractivity contribution in [3.63, 3.8) is 0 Å². The van der Waals surface area contributed by atoms with Crippen molar-refractivity contribution in [3.05, 3.63) is 46.4 Å². The number of ether oxygens (including phenoxy) is 1. The third kappa shape index (κ3) is 4.01. The van der Waals surface area contributed by atoms with E-state index < -0.39 is 0 Å². The fourth-order valence-corrected chi connectivity index (χ4v) is 1.94. The molecule has 1 aromatic carbocycles. The van der Waals surface area contributed by atoms with Crippen LogP contribution in [-0.4, -0.2) is 11.5 Å². The Morgan fingerprint density at radius 3 is 2.79 bits per heavy atom. The molecule has 100 valence electrons. The molecule has 1 aromatic heterocycles. The molecular weight excluding hydrogens is 283 g/mol. The molecule has 0 fully saturated rings. The van der Waals surface area contributed by atoms with Gasteiger partial charge in [-0.25, -0.2) is 0 Å². The van der Waals surface area contributed by atoms with E-state index in [2.05, 4.69) is 17.2 Å². The van der Waals surface area contributed by atoms with Gasteiger partial charge in [-0.3, -0.25) is 0 Å². The van der Waals surface area contributed by atoms with Crippen molar-refractivity contribution in [1.29, 1.82) is 0 Å². The zero-order valence-electron chi connectivity index (χ0n) is 10.5. The average Bonchev–Trinajstić information content (AvgIpc) is 2.40. The Labute approximate surface area is 122 Å². The Hall–Kier alpha value is -1.45. The Morgan fingerprint density at radius 2 is 2.05 bits per heavy atom. The van der Waals surface area contributed by atoms with Crippen LogP contribution in [-0.2, 0) is 0 Å². The molecule has 0 aliphatic carbocycles. The third-order valence-electron chi connectivity index (χ3n) is 2.39. The van der Waals surface area contributed by atoms with Crippen LogP contribution < -0.4 is 10.1 Å². The second-order valence-electron chi connectivity index (χ2n) is 3.96. The largest absolute Gasteiger partial charge is 0.437 e. The summed E-state index contributed by atoms with van der Waals surface area (Å²) in [6.45, 7) is 2.97. The zero-order chi connectivity index (χ0) is 13.7. The number of aromatic nitrogens is 1. The first kappa shape index (κ1) is 14.0. The Morgan fingerprint density at radius 1 is 1.21 bits per heavy atom. The highest BCUT2D eigenvalue weighted by Gasteiger charge is 2.05. The predicted molar refractivity (Wildman–Crippen MR) is 79.6 cm³/mol. The lowest BCUT2D eigenvalue weighted by Crippen LogP contribution is -2.02. The molecule has 3 nitrogen and oxygen atoms in total. The molecular formula is C14H14Cl2N2O. The van der Waals surface area contributed by atoms with E-state index in [4.69, 9.17) is 27.9 Å². The molecule has 0 radical (unpaired) electrons. The van der Waals surface area contributed by atoms with Crippen LogP contribution in [0.5, 0.6) is 11.6 Å². The minimum absolute atomic E-state index is 0.459. The minimum Gasteiger partial charge on any atom is -0.437 e. The molecule has 0 aliphatic heterocycles. The molecule has 0 unspecified atom stereocenters. The minimum atomic E-state index is 0.459. The molecule has 0 amide bonds. The quantitative estimate of drug-likeness (QED) is 0.843. The van der Waals surface area contributed by atoms with Gasteiger partial charge >= 0.3 is 0 Å². The summed E-state index contributed by atoms with van der Waals surface area (Å²) in [6.07, 6.45) is 1.04. The first-order valence-electron chi connectivity index (χ1n) is 6.03. The van der Waals surface area contributed by atoms with Crippen LogP contribution in [0.15, 0.2) is 36.4 Å². The molecule has 2 aromatic rings. The molecule has 0 saturated heterocycles. The van der Waals surface area contributed by atoms with Crippen LogP contribution in [0, 0.1) is 0 Å². The van der Waals surface area contributed by atoms with Crippen LogP contribution in [0.4, 0.5) is 5.82 Å². The Kier molecular flexibility index (Phi) is 4.88. The number of pyridine rings is 1. The summed E-state index contributed by atoms with van der Waals surface area (Å²) < 4.78 is 5.64. The van der Waals surface area contributed by atoms with Crippen LogP contribution in [0.3, 0.4) is 0 Å². The SMILES string of the molecule is CCCNc1cccc(Oc2ccc(Cl)cc2Cl)n1. The molecule has 0 spiro atoms. The highest BCUT2D eigenvalue weighted by molar-refractivity contribution is 6.35. The van der Waals surface area contributed by atoms with Gasteiger partial charge in [0.1, 0.15) is 11.6 Å². The average molecular weight is 297 g/mol. The van der Waals surface area contributed by atoms with Gasteiger partial charge < -0.3 is 10.1 Å². The maximum absolute atomic E-state index is 6.05. The summed E-state index contributed by atoms with van der Waals surface area (Å²) in [5.74, 6) is 1.81. The van der Waals surface area contributed by atoms with E-state index in [1.54, 1.807) is 24.3 Å². The van der Waals surface area contributed by atoms with Crippen molar-refractivity contribution in [2.24, 2.45) is 0 Å². The first-order valence-corrected chi connectivity index (χ1v) is 6.78. The number of nitrogens with one attached hydrogen (secondary N) is 1. The van der Waals surface area contributed by atoms with Gasteiger partial charge in [0, 0.05) is 17.6 Å². The number of hydrogen-bond donors (Lipinski definition) is 1. The second-order valence-corrected chi connectivity index (χ2v) is 4.81. The van der Waals surface area contributed by atoms with Crippen molar-refractivity contribution in [3.8, 4) is 11.6 Å². The van der Waals surface area contributed by atoms with E-state index in [0.29, 0.717) is 21.7 Å². The maximum atomic E-state index is 6.05. The second kappa shape index (κ2) is 6.64. The number of anilines is 1. The molecule has 1 N–H and O–H groups in total. The van der Waals surface area contributed by atoms with Crippen molar-refractivity contribution < 1.29 is 4.74 Å². The lowest BCUT2D eigenvalue weighted by atomic mass is 10.3. The Bertz CT molecular complexity index is 561. The number of rotatable bonds is 5. The third-order valence-corrected chi connectivity index (χ3v) is 2.92. The Balaban J connectivity index is 2.14. The summed E-state index contributed by atoms with van der Waals surface area (Å²) in [7, 11) is 0. The van der Waals surface area contributed by atoms with Gasteiger partial charge in [-0.1, -0.05) is 36.2 Å². The van der Waals surface area contributed by atoms with E-state index in [-0.39, 0.29) is 0 Å². The maximum Gasteiger partial charge on any atom is 0.221 e. The van der Waals surface area contributed by atoms with Gasteiger partial charge in [-0.15, -0.1) is 0 Å². The molecule has 0 bridgehead atoms. The molecule has 2 rings (SSSR count). The van der Waals surface area contributed by atoms with Crippen molar-refractivity contribution in [2.75, 3.05) is 11.9 Å². The monoisotopic (exact) mass is 296 g/mol. The summed E-state index contributed by atoms with van der Waals surface area (Å²) in [5.41, 5.74) is 0. The van der Waals surface area contributed by atoms with Crippen LogP contribution in [0.2, 0.25) is 10.0 Å². The van der Waals surface area contributed by atoms with Crippen LogP contribution in [0.1, 0.15) is 13.3 Å². The number of halogens is 2. The lowest BCUT2D eigenvalue weighted by Gasteiger charge is -2.09. The standard InChI is InChI=1S/C14H14Cl2N2O/c1-2-8-17-13-4-3-5-14(18-13)19-12-7-6-10(15)9-11(12)16/h3-7,9H,2,8H2,1H3,(H,17,18). The number of nitrogens with zero attached hydrogens (tertiary/aromatic N) is 1. The smallest absolute Gasteiger partial charge is 0.221 e. The van der Waals surface area contributed by atoms with Gasteiger partial charge in [0.25, 0.3) is 0 Å². The van der Waals surface area contributed by atoms with Crippen molar-refractivity contribution in [2.45, 2.75) is 13.3 Å². The predicted octanol–water partition coefficient (Wildman–Crippen LogP) is 5.00. The highest BCUT2D eigenvalue weighted by atomic mass is 35.5. The fourth-order valence-electron chi connectivity index (χ4n) is 1.49. The van der Waals surface area contributed by atoms with E-state index >= 15 is 0 Å². The van der Waals surface area contributed by atoms with Gasteiger partial charge in [0.15, 0.2) is 0 Å². The summed E-state index contributed by atoms with van der Waals surface area (Å²) in [5, 5.41) is 4.23. The molecule has 0 saturated carbocycles. The normalized spacial score (nSPS) is 10.3. The molecule has 5 heteroatoms. The zero-order valence-corrected chi connectivity index (χ0v) is 12.0. The van der Waals surface area contributed by atoms with E-state index in [9.17, 15) is 0 Å². The summed E-state index contributed by atoms with van der Waals surface area (Å²) in [6, 6.07) is 10.6. The number of benzene rings is 1. The van der Waals surface area contributed by atoms with Crippen molar-refractivity contribution >= 4 is 29.0 Å². The van der Waals surface area contributed by atoms with Gasteiger partial charge in [-0.2, -0.15) is 4.98 Å². The van der Waals surface area contributed by atoms with E-state index in [1.165, 1.54) is 0 Å². The topological polar surface area (TPSA) is 34.1 Å². The molecule has 0 aliphatic rings.